The number of hydrogen-bond acceptors (Lipinski definition) is 3. The van der Waals surface area contributed by atoms with Crippen molar-refractivity contribution in [3.05, 3.63) is 65.1 Å². The molecule has 0 saturated carbocycles. The molecule has 0 aliphatic carbocycles. The van der Waals surface area contributed by atoms with Crippen LogP contribution in [0, 0.1) is 6.92 Å². The van der Waals surface area contributed by atoms with E-state index in [0.717, 1.165) is 34.8 Å². The van der Waals surface area contributed by atoms with Crippen molar-refractivity contribution in [2.45, 2.75) is 26.4 Å². The number of urea groups is 1. The highest BCUT2D eigenvalue weighted by atomic mass is 16.5. The molecule has 0 spiro atoms. The topological polar surface area (TPSA) is 58.9 Å². The molecule has 2 aromatic heterocycles. The number of methoxy groups -OCH3 is 1. The van der Waals surface area contributed by atoms with Gasteiger partial charge < -0.3 is 19.4 Å². The molecule has 0 saturated heterocycles. The molecule has 0 bridgehead atoms. The maximum atomic E-state index is 12.6. The molecule has 1 N–H and O–H groups in total. The average molecular weight is 350 g/mol. The van der Waals surface area contributed by atoms with E-state index in [1.54, 1.807) is 7.11 Å². The van der Waals surface area contributed by atoms with Crippen molar-refractivity contribution < 1.29 is 9.53 Å². The SMILES string of the molecule is COc1cccc2c1CCN(C(=O)NCc1cn3c(C)cccc3n1)C2. The van der Waals surface area contributed by atoms with Gasteiger partial charge in [0, 0.05) is 30.5 Å². The van der Waals surface area contributed by atoms with E-state index in [1.165, 1.54) is 5.56 Å². The first-order valence-electron chi connectivity index (χ1n) is 8.77. The lowest BCUT2D eigenvalue weighted by atomic mass is 9.99. The number of carbonyl (C=O) groups excluding carboxylic acids is 1. The highest BCUT2D eigenvalue weighted by Gasteiger charge is 2.22. The average Bonchev–Trinajstić information content (AvgIpc) is 3.09. The predicted molar refractivity (Wildman–Crippen MR) is 99.3 cm³/mol. The molecule has 0 atom stereocenters. The molecular formula is C20H22N4O2. The Bertz CT molecular complexity index is 964. The van der Waals surface area contributed by atoms with Crippen LogP contribution < -0.4 is 10.1 Å². The second-order valence-electron chi connectivity index (χ2n) is 6.56. The second kappa shape index (κ2) is 6.71. The number of carbonyl (C=O) groups is 1. The molecule has 26 heavy (non-hydrogen) atoms. The number of aromatic nitrogens is 2. The standard InChI is InChI=1S/C20H22N4O2/c1-14-5-3-8-19-22-16(13-24(14)19)11-21-20(25)23-10-9-17-15(12-23)6-4-7-18(17)26-2/h3-8,13H,9-12H2,1-2H3,(H,21,25). The minimum atomic E-state index is -0.0627. The second-order valence-corrected chi connectivity index (χ2v) is 6.56. The molecule has 134 valence electrons. The zero-order chi connectivity index (χ0) is 18.1. The minimum absolute atomic E-state index is 0.0627. The summed E-state index contributed by atoms with van der Waals surface area (Å²) >= 11 is 0. The molecule has 3 heterocycles. The number of nitrogens with one attached hydrogen (secondary N) is 1. The van der Waals surface area contributed by atoms with Gasteiger partial charge in [0.15, 0.2) is 0 Å². The third-order valence-corrected chi connectivity index (χ3v) is 4.90. The fourth-order valence-corrected chi connectivity index (χ4v) is 3.50. The molecule has 3 aromatic rings. The van der Waals surface area contributed by atoms with Crippen LogP contribution >= 0.6 is 0 Å². The minimum Gasteiger partial charge on any atom is -0.496 e. The highest BCUT2D eigenvalue weighted by molar-refractivity contribution is 5.74. The molecule has 2 amide bonds. The summed E-state index contributed by atoms with van der Waals surface area (Å²) in [5.41, 5.74) is 5.22. The normalized spacial score (nSPS) is 13.5. The van der Waals surface area contributed by atoms with E-state index >= 15 is 0 Å². The van der Waals surface area contributed by atoms with Gasteiger partial charge in [-0.1, -0.05) is 18.2 Å². The number of benzene rings is 1. The molecule has 6 nitrogen and oxygen atoms in total. The lowest BCUT2D eigenvalue weighted by Gasteiger charge is -2.29. The summed E-state index contributed by atoms with van der Waals surface area (Å²) in [6.45, 7) is 3.74. The molecule has 0 radical (unpaired) electrons. The van der Waals surface area contributed by atoms with Crippen molar-refractivity contribution in [1.29, 1.82) is 0 Å². The Balaban J connectivity index is 1.43. The molecule has 1 aliphatic heterocycles. The van der Waals surface area contributed by atoms with E-state index in [-0.39, 0.29) is 6.03 Å². The molecular weight excluding hydrogens is 328 g/mol. The van der Waals surface area contributed by atoms with Gasteiger partial charge in [-0.2, -0.15) is 0 Å². The Hall–Kier alpha value is -3.02. The Morgan fingerprint density at radius 1 is 1.27 bits per heavy atom. The number of hydrogen-bond donors (Lipinski definition) is 1. The van der Waals surface area contributed by atoms with Gasteiger partial charge in [-0.15, -0.1) is 0 Å². The fraction of sp³-hybridized carbons (Fsp3) is 0.300. The summed E-state index contributed by atoms with van der Waals surface area (Å²) in [4.78, 5) is 19.0. The summed E-state index contributed by atoms with van der Waals surface area (Å²) in [6, 6.07) is 11.9. The van der Waals surface area contributed by atoms with Crippen molar-refractivity contribution in [3.63, 3.8) is 0 Å². The van der Waals surface area contributed by atoms with Crippen molar-refractivity contribution in [3.8, 4) is 5.75 Å². The monoisotopic (exact) mass is 350 g/mol. The zero-order valence-electron chi connectivity index (χ0n) is 15.0. The Morgan fingerprint density at radius 3 is 2.92 bits per heavy atom. The summed E-state index contributed by atoms with van der Waals surface area (Å²) in [5, 5.41) is 2.99. The number of rotatable bonds is 3. The van der Waals surface area contributed by atoms with E-state index in [4.69, 9.17) is 4.74 Å². The van der Waals surface area contributed by atoms with Crippen molar-refractivity contribution >= 4 is 11.7 Å². The number of fused-ring (bicyclic) bond motifs is 2. The first-order chi connectivity index (χ1) is 12.7. The van der Waals surface area contributed by atoms with E-state index in [2.05, 4.69) is 16.4 Å². The summed E-state index contributed by atoms with van der Waals surface area (Å²) < 4.78 is 7.46. The highest BCUT2D eigenvalue weighted by Crippen LogP contribution is 2.27. The number of amides is 2. The van der Waals surface area contributed by atoms with Gasteiger partial charge >= 0.3 is 6.03 Å². The number of nitrogens with zero attached hydrogens (tertiary/aromatic N) is 3. The zero-order valence-corrected chi connectivity index (χ0v) is 15.0. The third-order valence-electron chi connectivity index (χ3n) is 4.90. The van der Waals surface area contributed by atoms with E-state index < -0.39 is 0 Å². The lowest BCUT2D eigenvalue weighted by Crippen LogP contribution is -2.42. The van der Waals surface area contributed by atoms with Crippen LogP contribution in [0.1, 0.15) is 22.5 Å². The van der Waals surface area contributed by atoms with Gasteiger partial charge in [0.1, 0.15) is 11.4 Å². The Kier molecular flexibility index (Phi) is 4.24. The summed E-state index contributed by atoms with van der Waals surface area (Å²) in [7, 11) is 1.69. The van der Waals surface area contributed by atoms with E-state index in [1.807, 2.05) is 52.8 Å². The Labute approximate surface area is 152 Å². The smallest absolute Gasteiger partial charge is 0.318 e. The molecule has 4 rings (SSSR count). The van der Waals surface area contributed by atoms with E-state index in [9.17, 15) is 4.79 Å². The van der Waals surface area contributed by atoms with Crippen LogP contribution in [-0.4, -0.2) is 34.0 Å². The van der Waals surface area contributed by atoms with Crippen LogP contribution in [0.25, 0.3) is 5.65 Å². The number of imidazole rings is 1. The van der Waals surface area contributed by atoms with Gasteiger partial charge in [-0.05, 0) is 37.1 Å². The van der Waals surface area contributed by atoms with Crippen LogP contribution in [0.2, 0.25) is 0 Å². The molecule has 6 heteroatoms. The van der Waals surface area contributed by atoms with Crippen LogP contribution in [0.4, 0.5) is 4.79 Å². The first kappa shape index (κ1) is 16.4. The van der Waals surface area contributed by atoms with Gasteiger partial charge in [0.2, 0.25) is 0 Å². The fourth-order valence-electron chi connectivity index (χ4n) is 3.50. The van der Waals surface area contributed by atoms with E-state index in [0.29, 0.717) is 19.6 Å². The largest absolute Gasteiger partial charge is 0.496 e. The van der Waals surface area contributed by atoms with Crippen LogP contribution in [0.15, 0.2) is 42.6 Å². The van der Waals surface area contributed by atoms with Crippen LogP contribution in [0.5, 0.6) is 5.75 Å². The molecule has 1 aliphatic rings. The van der Waals surface area contributed by atoms with Gasteiger partial charge in [-0.3, -0.25) is 0 Å². The van der Waals surface area contributed by atoms with Gasteiger partial charge in [-0.25, -0.2) is 9.78 Å². The number of ether oxygens (including phenoxy) is 1. The predicted octanol–water partition coefficient (Wildman–Crippen LogP) is 2.92. The maximum absolute atomic E-state index is 12.6. The van der Waals surface area contributed by atoms with Crippen molar-refractivity contribution in [2.75, 3.05) is 13.7 Å². The quantitative estimate of drug-likeness (QED) is 0.790. The maximum Gasteiger partial charge on any atom is 0.318 e. The van der Waals surface area contributed by atoms with Crippen LogP contribution in [0.3, 0.4) is 0 Å². The van der Waals surface area contributed by atoms with Crippen molar-refractivity contribution in [1.82, 2.24) is 19.6 Å². The number of pyridine rings is 1. The molecule has 0 unspecified atom stereocenters. The summed E-state index contributed by atoms with van der Waals surface area (Å²) in [5.74, 6) is 0.905. The third kappa shape index (κ3) is 2.98. The molecule has 1 aromatic carbocycles. The Morgan fingerprint density at radius 2 is 2.12 bits per heavy atom. The number of aryl methyl sites for hydroxylation is 1. The lowest BCUT2D eigenvalue weighted by molar-refractivity contribution is 0.191. The van der Waals surface area contributed by atoms with Gasteiger partial charge in [0.05, 0.1) is 19.3 Å². The van der Waals surface area contributed by atoms with Crippen molar-refractivity contribution in [2.24, 2.45) is 0 Å². The van der Waals surface area contributed by atoms with Gasteiger partial charge in [0.25, 0.3) is 0 Å². The van der Waals surface area contributed by atoms with Crippen LogP contribution in [-0.2, 0) is 19.5 Å². The molecule has 0 fully saturated rings. The first-order valence-corrected chi connectivity index (χ1v) is 8.77. The summed E-state index contributed by atoms with van der Waals surface area (Å²) in [6.07, 6.45) is 2.78.